The number of methoxy groups -OCH3 is 1. The van der Waals surface area contributed by atoms with Crippen LogP contribution in [0.15, 0.2) is 73.1 Å². The van der Waals surface area contributed by atoms with Gasteiger partial charge in [0.05, 0.1) is 12.1 Å². The molecular weight excluding hydrogens is 444 g/mol. The van der Waals surface area contributed by atoms with E-state index in [-0.39, 0.29) is 18.4 Å². The summed E-state index contributed by atoms with van der Waals surface area (Å²) in [6.45, 7) is 2.62. The molecule has 1 atom stereocenters. The number of benzene rings is 2. The van der Waals surface area contributed by atoms with Crippen LogP contribution in [0, 0.1) is 0 Å². The molecule has 35 heavy (non-hydrogen) atoms. The Balaban J connectivity index is 1.79. The van der Waals surface area contributed by atoms with Crippen molar-refractivity contribution in [2.24, 2.45) is 0 Å². The van der Waals surface area contributed by atoms with Crippen LogP contribution in [-0.2, 0) is 27.3 Å². The second kappa shape index (κ2) is 11.3. The maximum atomic E-state index is 14.0. The van der Waals surface area contributed by atoms with E-state index in [1.807, 2.05) is 55.5 Å². The van der Waals surface area contributed by atoms with Crippen LogP contribution >= 0.6 is 0 Å². The summed E-state index contributed by atoms with van der Waals surface area (Å²) in [5.41, 5.74) is 3.72. The van der Waals surface area contributed by atoms with E-state index in [1.54, 1.807) is 41.2 Å². The zero-order valence-electron chi connectivity index (χ0n) is 19.8. The molecule has 0 unspecified atom stereocenters. The summed E-state index contributed by atoms with van der Waals surface area (Å²) in [7, 11) is 1.57. The van der Waals surface area contributed by atoms with Crippen molar-refractivity contribution in [3.8, 4) is 0 Å². The van der Waals surface area contributed by atoms with Crippen molar-refractivity contribution in [3.05, 3.63) is 84.2 Å². The number of anilines is 1. The first-order valence-corrected chi connectivity index (χ1v) is 11.5. The zero-order valence-corrected chi connectivity index (χ0v) is 19.8. The van der Waals surface area contributed by atoms with Gasteiger partial charge in [-0.1, -0.05) is 42.5 Å². The minimum atomic E-state index is -0.912. The Morgan fingerprint density at radius 2 is 1.80 bits per heavy atom. The Kier molecular flexibility index (Phi) is 7.79. The number of rotatable bonds is 10. The summed E-state index contributed by atoms with van der Waals surface area (Å²) in [5, 5.41) is 11.3. The molecule has 2 aromatic heterocycles. The van der Waals surface area contributed by atoms with Gasteiger partial charge >= 0.3 is 0 Å². The molecule has 4 rings (SSSR count). The third-order valence-corrected chi connectivity index (χ3v) is 5.74. The Hall–Kier alpha value is -4.11. The maximum Gasteiger partial charge on any atom is 0.249 e. The fraction of sp³-hybridized carbons (Fsp3) is 0.269. The fourth-order valence-electron chi connectivity index (χ4n) is 4.04. The summed E-state index contributed by atoms with van der Waals surface area (Å²) in [6, 6.07) is 17.7. The SMILES string of the molecule is CCc1ccccc1N(C(=O)Cn1nnc2ccccc21)[C@H](C(=O)NCCOC)c1ccncc1. The molecule has 4 aromatic rings. The van der Waals surface area contributed by atoms with E-state index in [1.165, 1.54) is 0 Å². The van der Waals surface area contributed by atoms with Gasteiger partial charge in [-0.25, -0.2) is 4.68 Å². The molecule has 0 aliphatic rings. The van der Waals surface area contributed by atoms with Crippen molar-refractivity contribution in [1.29, 1.82) is 0 Å². The number of fused-ring (bicyclic) bond motifs is 1. The molecule has 2 heterocycles. The lowest BCUT2D eigenvalue weighted by Crippen LogP contribution is -2.46. The lowest BCUT2D eigenvalue weighted by Gasteiger charge is -2.33. The first kappa shape index (κ1) is 24.0. The molecule has 0 aliphatic carbocycles. The minimum Gasteiger partial charge on any atom is -0.383 e. The van der Waals surface area contributed by atoms with Crippen LogP contribution < -0.4 is 10.2 Å². The molecule has 9 nitrogen and oxygen atoms in total. The van der Waals surface area contributed by atoms with E-state index < -0.39 is 6.04 Å². The predicted octanol–water partition coefficient (Wildman–Crippen LogP) is 2.93. The van der Waals surface area contributed by atoms with Gasteiger partial charge in [-0.15, -0.1) is 5.10 Å². The fourth-order valence-corrected chi connectivity index (χ4v) is 4.04. The quantitative estimate of drug-likeness (QED) is 0.356. The molecule has 2 amide bonds. The van der Waals surface area contributed by atoms with Gasteiger partial charge in [0.2, 0.25) is 11.8 Å². The van der Waals surface area contributed by atoms with E-state index in [0.717, 1.165) is 11.1 Å². The molecule has 180 valence electrons. The Morgan fingerprint density at radius 3 is 2.57 bits per heavy atom. The highest BCUT2D eigenvalue weighted by molar-refractivity contribution is 6.02. The molecule has 0 fully saturated rings. The highest BCUT2D eigenvalue weighted by Gasteiger charge is 2.34. The number of carbonyl (C=O) groups is 2. The first-order chi connectivity index (χ1) is 17.1. The molecule has 9 heteroatoms. The highest BCUT2D eigenvalue weighted by Crippen LogP contribution is 2.31. The molecule has 2 aromatic carbocycles. The number of ether oxygens (including phenoxy) is 1. The van der Waals surface area contributed by atoms with Crippen molar-refractivity contribution in [2.45, 2.75) is 25.9 Å². The second-order valence-electron chi connectivity index (χ2n) is 7.95. The van der Waals surface area contributed by atoms with Crippen molar-refractivity contribution in [3.63, 3.8) is 0 Å². The Morgan fingerprint density at radius 1 is 1.06 bits per heavy atom. The molecule has 0 saturated carbocycles. The summed E-state index contributed by atoms with van der Waals surface area (Å²) in [6.07, 6.45) is 3.93. The van der Waals surface area contributed by atoms with Gasteiger partial charge in [-0.3, -0.25) is 19.5 Å². The van der Waals surface area contributed by atoms with E-state index in [9.17, 15) is 9.59 Å². The number of para-hydroxylation sites is 2. The number of hydrogen-bond acceptors (Lipinski definition) is 6. The number of nitrogens with zero attached hydrogens (tertiary/aromatic N) is 5. The van der Waals surface area contributed by atoms with Crippen molar-refractivity contribution in [2.75, 3.05) is 25.2 Å². The van der Waals surface area contributed by atoms with Gasteiger partial charge in [0.15, 0.2) is 0 Å². The van der Waals surface area contributed by atoms with E-state index in [4.69, 9.17) is 4.74 Å². The molecule has 0 bridgehead atoms. The summed E-state index contributed by atoms with van der Waals surface area (Å²) < 4.78 is 6.66. The van der Waals surface area contributed by atoms with E-state index in [0.29, 0.717) is 36.3 Å². The third kappa shape index (κ3) is 5.36. The summed E-state index contributed by atoms with van der Waals surface area (Å²) in [5.74, 6) is -0.596. The van der Waals surface area contributed by atoms with Crippen molar-refractivity contribution >= 4 is 28.5 Å². The topological polar surface area (TPSA) is 102 Å². The number of hydrogen-bond donors (Lipinski definition) is 1. The predicted molar refractivity (Wildman–Crippen MR) is 133 cm³/mol. The Bertz CT molecular complexity index is 1290. The third-order valence-electron chi connectivity index (χ3n) is 5.74. The number of pyridine rings is 1. The van der Waals surface area contributed by atoms with Crippen LogP contribution in [0.4, 0.5) is 5.69 Å². The van der Waals surface area contributed by atoms with Gasteiger partial charge in [-0.05, 0) is 47.9 Å². The molecule has 0 saturated heterocycles. The molecule has 0 spiro atoms. The van der Waals surface area contributed by atoms with E-state index in [2.05, 4.69) is 20.6 Å². The molecule has 0 aliphatic heterocycles. The summed E-state index contributed by atoms with van der Waals surface area (Å²) >= 11 is 0. The van der Waals surface area contributed by atoms with Crippen LogP contribution in [0.5, 0.6) is 0 Å². The zero-order chi connectivity index (χ0) is 24.6. The number of carbonyl (C=O) groups excluding carboxylic acids is 2. The van der Waals surface area contributed by atoms with Crippen molar-refractivity contribution < 1.29 is 14.3 Å². The van der Waals surface area contributed by atoms with E-state index >= 15 is 0 Å². The smallest absolute Gasteiger partial charge is 0.249 e. The average Bonchev–Trinajstić information content (AvgIpc) is 3.30. The van der Waals surface area contributed by atoms with Crippen LogP contribution in [0.25, 0.3) is 11.0 Å². The van der Waals surface area contributed by atoms with Crippen LogP contribution in [0.1, 0.15) is 24.1 Å². The number of aryl methyl sites for hydroxylation is 1. The average molecular weight is 473 g/mol. The largest absolute Gasteiger partial charge is 0.383 e. The number of aromatic nitrogens is 4. The standard InChI is InChI=1S/C26H28N6O3/c1-3-19-8-4-6-10-22(19)32(24(33)18-31-23-11-7-5-9-21(23)29-30-31)25(20-12-14-27-15-13-20)26(34)28-16-17-35-2/h4-15,25H,3,16-18H2,1-2H3,(H,28,34)/t25-/m0/s1. The van der Waals surface area contributed by atoms with Gasteiger partial charge < -0.3 is 10.1 Å². The minimum absolute atomic E-state index is 0.0779. The molecule has 1 N–H and O–H groups in total. The maximum absolute atomic E-state index is 14.0. The normalized spacial score (nSPS) is 11.8. The highest BCUT2D eigenvalue weighted by atomic mass is 16.5. The number of nitrogens with one attached hydrogen (secondary N) is 1. The van der Waals surface area contributed by atoms with Gasteiger partial charge in [0.1, 0.15) is 18.1 Å². The first-order valence-electron chi connectivity index (χ1n) is 11.5. The second-order valence-corrected chi connectivity index (χ2v) is 7.95. The van der Waals surface area contributed by atoms with Gasteiger partial charge in [0, 0.05) is 31.7 Å². The monoisotopic (exact) mass is 472 g/mol. The van der Waals surface area contributed by atoms with Gasteiger partial charge in [0.25, 0.3) is 0 Å². The summed E-state index contributed by atoms with van der Waals surface area (Å²) in [4.78, 5) is 33.2. The van der Waals surface area contributed by atoms with Crippen LogP contribution in [0.2, 0.25) is 0 Å². The van der Waals surface area contributed by atoms with Crippen molar-refractivity contribution in [1.82, 2.24) is 25.3 Å². The molecular formula is C26H28N6O3. The molecule has 0 radical (unpaired) electrons. The van der Waals surface area contributed by atoms with Crippen LogP contribution in [-0.4, -0.2) is 52.1 Å². The van der Waals surface area contributed by atoms with Gasteiger partial charge in [-0.2, -0.15) is 0 Å². The van der Waals surface area contributed by atoms with Crippen LogP contribution in [0.3, 0.4) is 0 Å². The number of amides is 2. The Labute approximate surface area is 203 Å². The lowest BCUT2D eigenvalue weighted by molar-refractivity contribution is -0.127. The lowest BCUT2D eigenvalue weighted by atomic mass is 10.0.